The van der Waals surface area contributed by atoms with Crippen LogP contribution in [0.15, 0.2) is 22.6 Å². The highest BCUT2D eigenvalue weighted by molar-refractivity contribution is 8.13. The smallest absolute Gasteiger partial charge is 0.371 e. The second-order valence-corrected chi connectivity index (χ2v) is 4.31. The zero-order chi connectivity index (χ0) is 12.0. The van der Waals surface area contributed by atoms with Gasteiger partial charge in [0.05, 0.1) is 0 Å². The molecule has 1 rings (SSSR count). The molecule has 5 heteroatoms. The number of carbonyl (C=O) groups excluding carboxylic acids is 1. The van der Waals surface area contributed by atoms with Crippen molar-refractivity contribution in [2.45, 2.75) is 13.3 Å². The fraction of sp³-hybridized carbons (Fsp3) is 0.273. The molecular formula is C11H12O4S. The number of allylic oxidation sites excluding steroid dienone is 1. The maximum atomic E-state index is 10.6. The largest absolute Gasteiger partial charge is 0.475 e. The first-order chi connectivity index (χ1) is 7.59. The van der Waals surface area contributed by atoms with E-state index in [9.17, 15) is 9.59 Å². The van der Waals surface area contributed by atoms with Gasteiger partial charge < -0.3 is 9.52 Å². The average molecular weight is 240 g/mol. The molecular weight excluding hydrogens is 228 g/mol. The molecule has 1 aromatic rings. The van der Waals surface area contributed by atoms with Crippen LogP contribution in [-0.4, -0.2) is 21.9 Å². The van der Waals surface area contributed by atoms with Crippen molar-refractivity contribution >= 4 is 28.9 Å². The Kier molecular flexibility index (Phi) is 4.85. The number of furan rings is 1. The van der Waals surface area contributed by atoms with Gasteiger partial charge in [0, 0.05) is 12.7 Å². The topological polar surface area (TPSA) is 67.5 Å². The Hall–Kier alpha value is -1.49. The molecule has 0 bridgehead atoms. The highest BCUT2D eigenvalue weighted by Crippen LogP contribution is 2.11. The number of carboxylic acid groups (broad SMARTS) is 1. The molecule has 0 saturated heterocycles. The van der Waals surface area contributed by atoms with Gasteiger partial charge in [0.25, 0.3) is 0 Å². The summed E-state index contributed by atoms with van der Waals surface area (Å²) in [6.45, 7) is 1.53. The first kappa shape index (κ1) is 12.6. The van der Waals surface area contributed by atoms with Crippen molar-refractivity contribution in [1.29, 1.82) is 0 Å². The van der Waals surface area contributed by atoms with Crippen LogP contribution in [0, 0.1) is 0 Å². The number of hydrogen-bond donors (Lipinski definition) is 1. The van der Waals surface area contributed by atoms with Crippen LogP contribution in [0.2, 0.25) is 0 Å². The summed E-state index contributed by atoms with van der Waals surface area (Å²) in [7, 11) is 0. The van der Waals surface area contributed by atoms with Crippen molar-refractivity contribution in [3.8, 4) is 0 Å². The Labute approximate surface area is 97.3 Å². The molecule has 0 fully saturated rings. The van der Waals surface area contributed by atoms with E-state index in [4.69, 9.17) is 9.52 Å². The molecule has 1 aromatic heterocycles. The number of aromatic carboxylic acids is 1. The zero-order valence-electron chi connectivity index (χ0n) is 8.80. The van der Waals surface area contributed by atoms with E-state index in [1.807, 2.05) is 6.08 Å². The van der Waals surface area contributed by atoms with Gasteiger partial charge in [-0.2, -0.15) is 0 Å². The lowest BCUT2D eigenvalue weighted by Gasteiger charge is -1.90. The molecule has 0 aliphatic heterocycles. The van der Waals surface area contributed by atoms with E-state index in [2.05, 4.69) is 0 Å². The van der Waals surface area contributed by atoms with E-state index in [1.165, 1.54) is 24.8 Å². The number of rotatable bonds is 5. The Morgan fingerprint density at radius 1 is 1.50 bits per heavy atom. The van der Waals surface area contributed by atoms with Gasteiger partial charge in [0.15, 0.2) is 5.12 Å². The van der Waals surface area contributed by atoms with Gasteiger partial charge in [0.1, 0.15) is 5.76 Å². The van der Waals surface area contributed by atoms with Crippen LogP contribution in [0.4, 0.5) is 0 Å². The molecule has 0 aliphatic carbocycles. The highest BCUT2D eigenvalue weighted by atomic mass is 32.2. The third kappa shape index (κ3) is 4.35. The Balaban J connectivity index is 2.38. The van der Waals surface area contributed by atoms with E-state index in [-0.39, 0.29) is 10.9 Å². The minimum absolute atomic E-state index is 0.0715. The molecule has 4 nitrogen and oxygen atoms in total. The van der Waals surface area contributed by atoms with Gasteiger partial charge in [0.2, 0.25) is 5.76 Å². The summed E-state index contributed by atoms with van der Waals surface area (Å²) in [5.41, 5.74) is 0. The molecule has 0 unspecified atom stereocenters. The van der Waals surface area contributed by atoms with E-state index in [1.54, 1.807) is 12.1 Å². The summed E-state index contributed by atoms with van der Waals surface area (Å²) in [6, 6.07) is 3.00. The number of thioether (sulfide) groups is 1. The molecule has 86 valence electrons. The number of hydrogen-bond acceptors (Lipinski definition) is 4. The normalized spacial score (nSPS) is 10.8. The Morgan fingerprint density at radius 2 is 2.25 bits per heavy atom. The average Bonchev–Trinajstić information content (AvgIpc) is 2.65. The second-order valence-electron chi connectivity index (χ2n) is 3.04. The minimum atomic E-state index is -1.08. The lowest BCUT2D eigenvalue weighted by atomic mass is 10.3. The summed E-state index contributed by atoms with van der Waals surface area (Å²) in [4.78, 5) is 21.1. The zero-order valence-corrected chi connectivity index (χ0v) is 9.62. The maximum Gasteiger partial charge on any atom is 0.371 e. The van der Waals surface area contributed by atoms with Crippen molar-refractivity contribution in [3.05, 3.63) is 29.7 Å². The molecule has 0 aromatic carbocycles. The van der Waals surface area contributed by atoms with Gasteiger partial charge in [-0.05, 0) is 24.6 Å². The monoisotopic (exact) mass is 240 g/mol. The lowest BCUT2D eigenvalue weighted by Crippen LogP contribution is -1.91. The van der Waals surface area contributed by atoms with Crippen molar-refractivity contribution in [2.75, 3.05) is 5.75 Å². The summed E-state index contributed by atoms with van der Waals surface area (Å²) in [6.07, 6.45) is 4.29. The van der Waals surface area contributed by atoms with Crippen LogP contribution >= 0.6 is 11.8 Å². The SMILES string of the molecule is CC(=O)SCCC=Cc1ccc(C(=O)O)o1. The van der Waals surface area contributed by atoms with Crippen LogP contribution in [0.1, 0.15) is 29.7 Å². The maximum absolute atomic E-state index is 10.6. The first-order valence-corrected chi connectivity index (χ1v) is 5.71. The minimum Gasteiger partial charge on any atom is -0.475 e. The Bertz CT molecular complexity index is 406. The molecule has 0 aliphatic rings. The fourth-order valence-corrected chi connectivity index (χ4v) is 1.57. The van der Waals surface area contributed by atoms with Gasteiger partial charge in [-0.25, -0.2) is 4.79 Å². The summed E-state index contributed by atoms with van der Waals surface area (Å²) in [5.74, 6) is 0.0768. The van der Waals surface area contributed by atoms with Crippen LogP contribution < -0.4 is 0 Å². The highest BCUT2D eigenvalue weighted by Gasteiger charge is 2.06. The van der Waals surface area contributed by atoms with Crippen LogP contribution in [0.3, 0.4) is 0 Å². The van der Waals surface area contributed by atoms with Crippen molar-refractivity contribution < 1.29 is 19.1 Å². The van der Waals surface area contributed by atoms with E-state index in [0.29, 0.717) is 5.76 Å². The van der Waals surface area contributed by atoms with E-state index in [0.717, 1.165) is 12.2 Å². The van der Waals surface area contributed by atoms with Crippen LogP contribution in [0.25, 0.3) is 6.08 Å². The van der Waals surface area contributed by atoms with Crippen LogP contribution in [0.5, 0.6) is 0 Å². The summed E-state index contributed by atoms with van der Waals surface area (Å²) in [5, 5.41) is 8.71. The van der Waals surface area contributed by atoms with E-state index < -0.39 is 5.97 Å². The Morgan fingerprint density at radius 3 is 2.81 bits per heavy atom. The van der Waals surface area contributed by atoms with E-state index >= 15 is 0 Å². The molecule has 1 N–H and O–H groups in total. The third-order valence-electron chi connectivity index (χ3n) is 1.71. The first-order valence-electron chi connectivity index (χ1n) is 4.72. The third-order valence-corrected chi connectivity index (χ3v) is 2.56. The van der Waals surface area contributed by atoms with Crippen LogP contribution in [-0.2, 0) is 4.79 Å². The molecule has 0 atom stereocenters. The lowest BCUT2D eigenvalue weighted by molar-refractivity contribution is -0.109. The molecule has 0 spiro atoms. The summed E-state index contributed by atoms with van der Waals surface area (Å²) >= 11 is 1.26. The predicted octanol–water partition coefficient (Wildman–Crippen LogP) is 2.66. The standard InChI is InChI=1S/C11H12O4S/c1-8(12)16-7-3-2-4-9-5-6-10(15-9)11(13)14/h2,4-6H,3,7H2,1H3,(H,13,14). The quantitative estimate of drug-likeness (QED) is 0.801. The molecule has 16 heavy (non-hydrogen) atoms. The number of carbonyl (C=O) groups is 2. The fourth-order valence-electron chi connectivity index (χ4n) is 1.03. The van der Waals surface area contributed by atoms with Gasteiger partial charge >= 0.3 is 5.97 Å². The molecule has 0 amide bonds. The van der Waals surface area contributed by atoms with Gasteiger partial charge in [-0.1, -0.05) is 17.8 Å². The van der Waals surface area contributed by atoms with Crippen molar-refractivity contribution in [3.63, 3.8) is 0 Å². The molecule has 1 heterocycles. The molecule has 0 radical (unpaired) electrons. The van der Waals surface area contributed by atoms with Crippen molar-refractivity contribution in [2.24, 2.45) is 0 Å². The van der Waals surface area contributed by atoms with Crippen molar-refractivity contribution in [1.82, 2.24) is 0 Å². The molecule has 0 saturated carbocycles. The van der Waals surface area contributed by atoms with Gasteiger partial charge in [-0.3, -0.25) is 4.79 Å². The predicted molar refractivity (Wildman–Crippen MR) is 62.5 cm³/mol. The summed E-state index contributed by atoms with van der Waals surface area (Å²) < 4.78 is 5.01. The number of carboxylic acids is 1. The second kappa shape index (κ2) is 6.17. The van der Waals surface area contributed by atoms with Gasteiger partial charge in [-0.15, -0.1) is 0 Å².